The predicted octanol–water partition coefficient (Wildman–Crippen LogP) is 3.19. The molecule has 1 aliphatic rings. The molecule has 0 N–H and O–H groups in total. The molecule has 4 nitrogen and oxygen atoms in total. The van der Waals surface area contributed by atoms with E-state index in [1.54, 1.807) is 25.3 Å². The molecule has 0 amide bonds. The van der Waals surface area contributed by atoms with Crippen LogP contribution in [0.5, 0.6) is 11.5 Å². The molecule has 2 rings (SSSR count). The molecule has 4 heteroatoms. The van der Waals surface area contributed by atoms with E-state index in [2.05, 4.69) is 6.92 Å². The quantitative estimate of drug-likeness (QED) is 0.783. The highest BCUT2D eigenvalue weighted by molar-refractivity contribution is 5.90. The normalized spacial score (nSPS) is 17.0. The first-order valence-electron chi connectivity index (χ1n) is 6.53. The molecule has 0 unspecified atom stereocenters. The molecule has 1 fully saturated rings. The summed E-state index contributed by atoms with van der Waals surface area (Å²) in [6, 6.07) is 5.10. The third-order valence-electron chi connectivity index (χ3n) is 3.60. The van der Waals surface area contributed by atoms with Crippen LogP contribution in [-0.4, -0.2) is 25.8 Å². The summed E-state index contributed by atoms with van der Waals surface area (Å²) < 4.78 is 16.1. The first-order valence-corrected chi connectivity index (χ1v) is 6.53. The highest BCUT2D eigenvalue weighted by atomic mass is 16.5. The van der Waals surface area contributed by atoms with E-state index in [1.807, 2.05) is 0 Å². The fraction of sp³-hybridized carbons (Fsp3) is 0.533. The van der Waals surface area contributed by atoms with E-state index in [0.717, 1.165) is 12.8 Å². The zero-order valence-electron chi connectivity index (χ0n) is 11.7. The van der Waals surface area contributed by atoms with Gasteiger partial charge in [-0.2, -0.15) is 0 Å². The monoisotopic (exact) mass is 264 g/mol. The smallest absolute Gasteiger partial charge is 0.337 e. The van der Waals surface area contributed by atoms with E-state index >= 15 is 0 Å². The van der Waals surface area contributed by atoms with Crippen molar-refractivity contribution in [2.24, 2.45) is 0 Å². The summed E-state index contributed by atoms with van der Waals surface area (Å²) in [5, 5.41) is 0. The Morgan fingerprint density at radius 1 is 1.16 bits per heavy atom. The number of carbonyl (C=O) groups excluding carboxylic acids is 1. The second-order valence-electron chi connectivity index (χ2n) is 5.12. The number of carbonyl (C=O) groups is 1. The topological polar surface area (TPSA) is 44.8 Å². The predicted molar refractivity (Wildman–Crippen MR) is 71.8 cm³/mol. The van der Waals surface area contributed by atoms with Crippen LogP contribution in [0.4, 0.5) is 0 Å². The van der Waals surface area contributed by atoms with Crippen LogP contribution in [0.3, 0.4) is 0 Å². The van der Waals surface area contributed by atoms with Gasteiger partial charge in [-0.15, -0.1) is 0 Å². The maximum atomic E-state index is 11.6. The highest BCUT2D eigenvalue weighted by Gasteiger charge is 2.31. The molecular formula is C15H20O4. The van der Waals surface area contributed by atoms with Crippen LogP contribution in [0.1, 0.15) is 43.0 Å². The molecule has 0 saturated heterocycles. The molecule has 0 aromatic heterocycles. The van der Waals surface area contributed by atoms with E-state index in [-0.39, 0.29) is 11.6 Å². The van der Waals surface area contributed by atoms with Gasteiger partial charge in [-0.25, -0.2) is 4.79 Å². The van der Waals surface area contributed by atoms with Crippen molar-refractivity contribution in [2.75, 3.05) is 14.2 Å². The van der Waals surface area contributed by atoms with Gasteiger partial charge >= 0.3 is 5.97 Å². The van der Waals surface area contributed by atoms with Crippen molar-refractivity contribution in [3.05, 3.63) is 23.8 Å². The van der Waals surface area contributed by atoms with Crippen molar-refractivity contribution < 1.29 is 19.0 Å². The lowest BCUT2D eigenvalue weighted by Gasteiger charge is -2.26. The number of hydrogen-bond donors (Lipinski definition) is 0. The fourth-order valence-corrected chi connectivity index (χ4v) is 2.49. The molecular weight excluding hydrogens is 244 g/mol. The van der Waals surface area contributed by atoms with Gasteiger partial charge in [0, 0.05) is 0 Å². The van der Waals surface area contributed by atoms with Crippen LogP contribution in [0.15, 0.2) is 18.2 Å². The number of rotatable bonds is 4. The van der Waals surface area contributed by atoms with Crippen LogP contribution in [0.25, 0.3) is 0 Å². The standard InChI is InChI=1S/C15H20O4/c1-15(8-4-5-9-15)19-13-10-11(14(16)18-3)6-7-12(13)17-2/h6-7,10H,4-5,8-9H2,1-3H3. The molecule has 0 aliphatic heterocycles. The van der Waals surface area contributed by atoms with Crippen molar-refractivity contribution in [3.8, 4) is 11.5 Å². The van der Waals surface area contributed by atoms with Gasteiger partial charge in [-0.05, 0) is 50.8 Å². The van der Waals surface area contributed by atoms with Gasteiger partial charge in [-0.3, -0.25) is 0 Å². The number of methoxy groups -OCH3 is 2. The molecule has 0 heterocycles. The molecule has 0 spiro atoms. The summed E-state index contributed by atoms with van der Waals surface area (Å²) in [5.74, 6) is 0.875. The Balaban J connectivity index is 2.28. The number of benzene rings is 1. The van der Waals surface area contributed by atoms with Crippen molar-refractivity contribution >= 4 is 5.97 Å². The van der Waals surface area contributed by atoms with Crippen LogP contribution in [-0.2, 0) is 4.74 Å². The van der Waals surface area contributed by atoms with E-state index in [4.69, 9.17) is 14.2 Å². The number of esters is 1. The molecule has 19 heavy (non-hydrogen) atoms. The minimum absolute atomic E-state index is 0.165. The molecule has 1 aliphatic carbocycles. The minimum atomic E-state index is -0.371. The Kier molecular flexibility index (Phi) is 3.98. The summed E-state index contributed by atoms with van der Waals surface area (Å²) in [5.41, 5.74) is 0.307. The van der Waals surface area contributed by atoms with Crippen molar-refractivity contribution in [3.63, 3.8) is 0 Å². The Morgan fingerprint density at radius 3 is 2.42 bits per heavy atom. The first-order chi connectivity index (χ1) is 9.08. The lowest BCUT2D eigenvalue weighted by Crippen LogP contribution is -2.28. The van der Waals surface area contributed by atoms with Crippen LogP contribution in [0, 0.1) is 0 Å². The zero-order valence-corrected chi connectivity index (χ0v) is 11.7. The second-order valence-corrected chi connectivity index (χ2v) is 5.12. The molecule has 0 bridgehead atoms. The summed E-state index contributed by atoms with van der Waals surface area (Å²) >= 11 is 0. The van der Waals surface area contributed by atoms with E-state index in [9.17, 15) is 4.79 Å². The molecule has 1 aromatic carbocycles. The summed E-state index contributed by atoms with van der Waals surface area (Å²) in [7, 11) is 2.96. The second kappa shape index (κ2) is 5.51. The summed E-state index contributed by atoms with van der Waals surface area (Å²) in [4.78, 5) is 11.6. The van der Waals surface area contributed by atoms with E-state index < -0.39 is 0 Å². The molecule has 1 aromatic rings. The lowest BCUT2D eigenvalue weighted by molar-refractivity contribution is 0.0596. The largest absolute Gasteiger partial charge is 0.493 e. The first kappa shape index (κ1) is 13.7. The average molecular weight is 264 g/mol. The van der Waals surface area contributed by atoms with Crippen LogP contribution < -0.4 is 9.47 Å². The maximum absolute atomic E-state index is 11.6. The van der Waals surface area contributed by atoms with E-state index in [1.165, 1.54) is 20.0 Å². The van der Waals surface area contributed by atoms with Gasteiger partial charge in [0.15, 0.2) is 11.5 Å². The van der Waals surface area contributed by atoms with Crippen LogP contribution >= 0.6 is 0 Å². The van der Waals surface area contributed by atoms with Gasteiger partial charge in [-0.1, -0.05) is 0 Å². The van der Waals surface area contributed by atoms with Crippen molar-refractivity contribution in [2.45, 2.75) is 38.2 Å². The van der Waals surface area contributed by atoms with Gasteiger partial charge in [0.1, 0.15) is 5.60 Å². The zero-order chi connectivity index (χ0) is 13.9. The molecule has 0 radical (unpaired) electrons. The third kappa shape index (κ3) is 3.00. The van der Waals surface area contributed by atoms with Crippen LogP contribution in [0.2, 0.25) is 0 Å². The summed E-state index contributed by atoms with van der Waals surface area (Å²) in [6.07, 6.45) is 4.40. The fourth-order valence-electron chi connectivity index (χ4n) is 2.49. The maximum Gasteiger partial charge on any atom is 0.337 e. The van der Waals surface area contributed by atoms with Crippen molar-refractivity contribution in [1.29, 1.82) is 0 Å². The Bertz CT molecular complexity index is 461. The minimum Gasteiger partial charge on any atom is -0.493 e. The summed E-state index contributed by atoms with van der Waals surface area (Å²) in [6.45, 7) is 2.10. The SMILES string of the molecule is COC(=O)c1ccc(OC)c(OC2(C)CCCC2)c1. The van der Waals surface area contributed by atoms with E-state index in [0.29, 0.717) is 17.1 Å². The highest BCUT2D eigenvalue weighted by Crippen LogP contribution is 2.38. The van der Waals surface area contributed by atoms with Gasteiger partial charge in [0.05, 0.1) is 19.8 Å². The third-order valence-corrected chi connectivity index (χ3v) is 3.60. The molecule has 104 valence electrons. The van der Waals surface area contributed by atoms with Crippen molar-refractivity contribution in [1.82, 2.24) is 0 Å². The van der Waals surface area contributed by atoms with Gasteiger partial charge in [0.2, 0.25) is 0 Å². The van der Waals surface area contributed by atoms with Gasteiger partial charge < -0.3 is 14.2 Å². The Morgan fingerprint density at radius 2 is 1.84 bits per heavy atom. The average Bonchev–Trinajstić information content (AvgIpc) is 2.84. The molecule has 1 saturated carbocycles. The Labute approximate surface area is 113 Å². The molecule has 0 atom stereocenters. The Hall–Kier alpha value is -1.71. The van der Waals surface area contributed by atoms with Gasteiger partial charge in [0.25, 0.3) is 0 Å². The number of ether oxygens (including phenoxy) is 3. The lowest BCUT2D eigenvalue weighted by atomic mass is 10.1. The number of hydrogen-bond acceptors (Lipinski definition) is 4.